The van der Waals surface area contributed by atoms with Gasteiger partial charge < -0.3 is 19.5 Å². The van der Waals surface area contributed by atoms with Crippen molar-refractivity contribution in [2.45, 2.75) is 19.0 Å². The number of anilines is 1. The summed E-state index contributed by atoms with van der Waals surface area (Å²) < 4.78 is 21.6. The van der Waals surface area contributed by atoms with Gasteiger partial charge in [0, 0.05) is 45.0 Å². The topological polar surface area (TPSA) is 105 Å². The Kier molecular flexibility index (Phi) is 7.43. The molecule has 36 heavy (non-hydrogen) atoms. The molecule has 0 aliphatic rings. The van der Waals surface area contributed by atoms with Crippen molar-refractivity contribution in [2.24, 2.45) is 0 Å². The lowest BCUT2D eigenvalue weighted by Gasteiger charge is -2.21. The van der Waals surface area contributed by atoms with Gasteiger partial charge in [-0.15, -0.1) is 0 Å². The summed E-state index contributed by atoms with van der Waals surface area (Å²) in [6.07, 6.45) is 4.75. The number of hydrogen-bond acceptors (Lipinski definition) is 6. The second-order valence-electron chi connectivity index (χ2n) is 8.44. The molecule has 3 aromatic heterocycles. The van der Waals surface area contributed by atoms with E-state index >= 15 is 0 Å². The van der Waals surface area contributed by atoms with E-state index in [9.17, 15) is 14.0 Å². The highest BCUT2D eigenvalue weighted by molar-refractivity contribution is 5.98. The van der Waals surface area contributed by atoms with Gasteiger partial charge in [-0.1, -0.05) is 30.3 Å². The number of nitrogens with one attached hydrogen (secondary N) is 2. The monoisotopic (exact) mass is 490 g/mol. The molecule has 1 unspecified atom stereocenters. The Balaban J connectivity index is 1.63. The molecule has 3 heterocycles. The molecule has 4 rings (SSSR count). The van der Waals surface area contributed by atoms with Crippen molar-refractivity contribution >= 4 is 11.7 Å². The second-order valence-corrected chi connectivity index (χ2v) is 8.44. The predicted molar refractivity (Wildman–Crippen MR) is 134 cm³/mol. The lowest BCUT2D eigenvalue weighted by molar-refractivity contribution is 0.0936. The summed E-state index contributed by atoms with van der Waals surface area (Å²) in [5.41, 5.74) is 2.10. The van der Waals surface area contributed by atoms with Crippen LogP contribution in [0.25, 0.3) is 0 Å². The molecule has 10 heteroatoms. The number of H-pyrrole nitrogens is 1. The number of nitrogens with zero attached hydrogens (tertiary/aromatic N) is 4. The molecule has 0 spiro atoms. The molecular weight excluding hydrogens is 463 g/mol. The predicted octanol–water partition coefficient (Wildman–Crippen LogP) is 2.94. The Morgan fingerprint density at radius 1 is 1.19 bits per heavy atom. The number of rotatable bonds is 9. The highest BCUT2D eigenvalue weighted by atomic mass is 19.1. The van der Waals surface area contributed by atoms with Crippen LogP contribution in [0.3, 0.4) is 0 Å². The van der Waals surface area contributed by atoms with E-state index in [1.54, 1.807) is 41.9 Å². The van der Waals surface area contributed by atoms with E-state index in [0.717, 1.165) is 11.1 Å². The number of benzene rings is 1. The molecule has 9 nitrogen and oxygen atoms in total. The van der Waals surface area contributed by atoms with Gasteiger partial charge in [0.1, 0.15) is 11.4 Å². The number of halogens is 1. The Morgan fingerprint density at radius 3 is 2.67 bits per heavy atom. The van der Waals surface area contributed by atoms with Crippen LogP contribution < -0.4 is 20.5 Å². The van der Waals surface area contributed by atoms with Crippen LogP contribution in [-0.4, -0.2) is 46.9 Å². The first kappa shape index (κ1) is 24.6. The van der Waals surface area contributed by atoms with Gasteiger partial charge in [0.05, 0.1) is 31.6 Å². The fraction of sp³-hybridized carbons (Fsp3) is 0.231. The van der Waals surface area contributed by atoms with Gasteiger partial charge in [0.2, 0.25) is 0 Å². The maximum absolute atomic E-state index is 14.9. The summed E-state index contributed by atoms with van der Waals surface area (Å²) in [6.45, 7) is 0.407. The summed E-state index contributed by atoms with van der Waals surface area (Å²) in [5.74, 6) is -0.295. The van der Waals surface area contributed by atoms with Gasteiger partial charge in [-0.2, -0.15) is 5.10 Å². The average Bonchev–Trinajstić information content (AvgIpc) is 3.37. The highest BCUT2D eigenvalue weighted by Crippen LogP contribution is 2.25. The van der Waals surface area contributed by atoms with Gasteiger partial charge in [0.15, 0.2) is 11.6 Å². The number of amides is 1. The molecule has 0 saturated heterocycles. The fourth-order valence-corrected chi connectivity index (χ4v) is 3.88. The van der Waals surface area contributed by atoms with E-state index in [-0.39, 0.29) is 29.3 Å². The van der Waals surface area contributed by atoms with Crippen molar-refractivity contribution < 1.29 is 13.9 Å². The van der Waals surface area contributed by atoms with E-state index in [0.29, 0.717) is 17.9 Å². The van der Waals surface area contributed by atoms with Crippen molar-refractivity contribution in [2.75, 3.05) is 26.1 Å². The number of pyridine rings is 2. The quantitative estimate of drug-likeness (QED) is 0.374. The molecule has 0 radical (unpaired) electrons. The Morgan fingerprint density at radius 2 is 1.97 bits per heavy atom. The molecule has 1 aromatic carbocycles. The Hall–Kier alpha value is -4.47. The van der Waals surface area contributed by atoms with Crippen LogP contribution in [0.5, 0.6) is 5.75 Å². The van der Waals surface area contributed by atoms with Crippen LogP contribution in [-0.2, 0) is 13.0 Å². The molecule has 0 aliphatic heterocycles. The SMILES string of the molecule is COc1ccnc(CC(NC(=O)c2cn[nH]c2N(C)C)c2ccc(Cn3ccccc3=O)cc2)c1F. The van der Waals surface area contributed by atoms with Crippen LogP contribution >= 0.6 is 0 Å². The first-order valence-corrected chi connectivity index (χ1v) is 11.3. The maximum Gasteiger partial charge on any atom is 0.257 e. The number of carbonyl (C=O) groups is 1. The largest absolute Gasteiger partial charge is 0.494 e. The van der Waals surface area contributed by atoms with Crippen LogP contribution in [0, 0.1) is 5.82 Å². The third-order valence-corrected chi connectivity index (χ3v) is 5.79. The smallest absolute Gasteiger partial charge is 0.257 e. The number of aromatic nitrogens is 4. The number of methoxy groups -OCH3 is 1. The van der Waals surface area contributed by atoms with Crippen molar-refractivity contribution in [1.82, 2.24) is 25.1 Å². The van der Waals surface area contributed by atoms with Crippen LogP contribution in [0.1, 0.15) is 33.2 Å². The molecule has 0 saturated carbocycles. The molecule has 1 atom stereocenters. The molecule has 186 valence electrons. The number of carbonyl (C=O) groups excluding carboxylic acids is 1. The first-order valence-electron chi connectivity index (χ1n) is 11.3. The van der Waals surface area contributed by atoms with Gasteiger partial charge in [-0.3, -0.25) is 19.7 Å². The molecule has 2 N–H and O–H groups in total. The molecular formula is C26H27FN6O3. The number of hydrogen-bond donors (Lipinski definition) is 2. The van der Waals surface area contributed by atoms with E-state index in [4.69, 9.17) is 4.74 Å². The summed E-state index contributed by atoms with van der Waals surface area (Å²) in [7, 11) is 4.99. The summed E-state index contributed by atoms with van der Waals surface area (Å²) in [5, 5.41) is 9.78. The summed E-state index contributed by atoms with van der Waals surface area (Å²) in [6, 6.07) is 13.3. The van der Waals surface area contributed by atoms with Crippen molar-refractivity contribution in [3.05, 3.63) is 106 Å². The van der Waals surface area contributed by atoms with E-state index in [1.807, 2.05) is 24.3 Å². The van der Waals surface area contributed by atoms with Gasteiger partial charge in [0.25, 0.3) is 11.5 Å². The normalized spacial score (nSPS) is 11.7. The van der Waals surface area contributed by atoms with Crippen molar-refractivity contribution in [3.8, 4) is 5.75 Å². The second kappa shape index (κ2) is 10.9. The zero-order valence-electron chi connectivity index (χ0n) is 20.2. The molecule has 0 bridgehead atoms. The molecule has 4 aromatic rings. The van der Waals surface area contributed by atoms with Gasteiger partial charge in [-0.25, -0.2) is 4.39 Å². The van der Waals surface area contributed by atoms with Crippen LogP contribution in [0.4, 0.5) is 10.2 Å². The Labute approximate surface area is 207 Å². The van der Waals surface area contributed by atoms with Crippen molar-refractivity contribution in [1.29, 1.82) is 0 Å². The number of aromatic amines is 1. The van der Waals surface area contributed by atoms with E-state index in [1.165, 1.54) is 31.6 Å². The third kappa shape index (κ3) is 5.43. The minimum atomic E-state index is -0.593. The minimum absolute atomic E-state index is 0.0819. The van der Waals surface area contributed by atoms with E-state index in [2.05, 4.69) is 20.5 Å². The summed E-state index contributed by atoms with van der Waals surface area (Å²) >= 11 is 0. The molecule has 0 aliphatic carbocycles. The average molecular weight is 491 g/mol. The lowest BCUT2D eigenvalue weighted by atomic mass is 9.99. The Bertz CT molecular complexity index is 1400. The van der Waals surface area contributed by atoms with Crippen LogP contribution in [0.15, 0.2) is 71.9 Å². The van der Waals surface area contributed by atoms with Gasteiger partial charge in [-0.05, 0) is 17.2 Å². The number of ether oxygens (including phenoxy) is 1. The standard InChI is InChI=1S/C26H27FN6O3/c1-32(2)25-19(15-29-31-25)26(35)30-20(14-21-24(27)22(36-3)11-12-28-21)18-9-7-17(8-10-18)16-33-13-5-4-6-23(33)34/h4-13,15,20H,14,16H2,1-3H3,(H,29,31)(H,30,35). The van der Waals surface area contributed by atoms with Crippen LogP contribution in [0.2, 0.25) is 0 Å². The zero-order chi connectivity index (χ0) is 25.7. The highest BCUT2D eigenvalue weighted by Gasteiger charge is 2.23. The fourth-order valence-electron chi connectivity index (χ4n) is 3.88. The first-order chi connectivity index (χ1) is 17.4. The maximum atomic E-state index is 14.9. The van der Waals surface area contributed by atoms with E-state index < -0.39 is 11.9 Å². The summed E-state index contributed by atoms with van der Waals surface area (Å²) in [4.78, 5) is 31.2. The van der Waals surface area contributed by atoms with Crippen molar-refractivity contribution in [3.63, 3.8) is 0 Å². The molecule has 0 fully saturated rings. The zero-order valence-corrected chi connectivity index (χ0v) is 20.2. The van der Waals surface area contributed by atoms with Gasteiger partial charge >= 0.3 is 0 Å². The third-order valence-electron chi connectivity index (χ3n) is 5.79. The lowest BCUT2D eigenvalue weighted by Crippen LogP contribution is -2.31. The minimum Gasteiger partial charge on any atom is -0.494 e. The molecule has 1 amide bonds.